The summed E-state index contributed by atoms with van der Waals surface area (Å²) in [6.07, 6.45) is 5.35. The number of aromatic hydroxyl groups is 1. The number of carbonyl (C=O) groups is 1. The van der Waals surface area contributed by atoms with E-state index in [-0.39, 0.29) is 23.7 Å². The first-order chi connectivity index (χ1) is 17.7. The fraction of sp³-hybridized carbons (Fsp3) is 0.516. The van der Waals surface area contributed by atoms with Gasteiger partial charge in [0.1, 0.15) is 6.10 Å². The van der Waals surface area contributed by atoms with Crippen molar-refractivity contribution in [2.75, 3.05) is 20.1 Å². The molecule has 5 atom stereocenters. The number of hydrogen-bond acceptors (Lipinski definition) is 5. The quantitative estimate of drug-likeness (QED) is 0.588. The highest BCUT2D eigenvalue weighted by molar-refractivity contribution is 5.77. The number of phenolic OH excluding ortho intramolecular Hbond substituents is 1. The summed E-state index contributed by atoms with van der Waals surface area (Å²) in [4.78, 5) is 17.7. The topological polar surface area (TPSA) is 73.2 Å². The van der Waals surface area contributed by atoms with Crippen LogP contribution in [0.3, 0.4) is 0 Å². The average molecular weight is 503 g/mol. The molecule has 37 heavy (non-hydrogen) atoms. The average Bonchev–Trinajstić information content (AvgIpc) is 3.23. The molecule has 2 bridgehead atoms. The van der Waals surface area contributed by atoms with Gasteiger partial charge in [-0.2, -0.15) is 0 Å². The number of phenols is 1. The third kappa shape index (κ3) is 3.34. The van der Waals surface area contributed by atoms with Gasteiger partial charge in [-0.15, -0.1) is 6.58 Å². The first-order valence-corrected chi connectivity index (χ1v) is 13.6. The number of likely N-dealkylation sites (N-methyl/N-ethyl adjacent to an activating group) is 1. The Morgan fingerprint density at radius 2 is 2.05 bits per heavy atom. The lowest BCUT2D eigenvalue weighted by atomic mass is 9.48. The minimum atomic E-state index is -0.981. The lowest BCUT2D eigenvalue weighted by Gasteiger charge is -2.64. The van der Waals surface area contributed by atoms with Crippen LogP contribution in [-0.4, -0.2) is 69.8 Å². The highest BCUT2D eigenvalue weighted by atomic mass is 16.5. The van der Waals surface area contributed by atoms with Crippen LogP contribution in [0.25, 0.3) is 0 Å². The van der Waals surface area contributed by atoms with E-state index in [1.165, 1.54) is 16.7 Å². The zero-order valence-corrected chi connectivity index (χ0v) is 22.2. The van der Waals surface area contributed by atoms with E-state index in [9.17, 15) is 15.0 Å². The Morgan fingerprint density at radius 1 is 1.24 bits per heavy atom. The summed E-state index contributed by atoms with van der Waals surface area (Å²) in [7, 11) is 1.88. The Morgan fingerprint density at radius 3 is 2.81 bits per heavy atom. The zero-order chi connectivity index (χ0) is 26.1. The van der Waals surface area contributed by atoms with Gasteiger partial charge in [-0.05, 0) is 80.8 Å². The number of aliphatic hydroxyl groups is 1. The Bertz CT molecular complexity index is 1270. The van der Waals surface area contributed by atoms with E-state index in [0.717, 1.165) is 37.1 Å². The SMILES string of the molecule is C=CCN1CC[C@]23c4c5ccc(O)c4OC2C(N(C)C(=O)CCc2ccc(C)c(C)c2)CC[C@@]3(O)[C@H]1C5. The lowest BCUT2D eigenvalue weighted by molar-refractivity contribution is -0.198. The predicted molar refractivity (Wildman–Crippen MR) is 143 cm³/mol. The van der Waals surface area contributed by atoms with Crippen LogP contribution >= 0.6 is 0 Å². The van der Waals surface area contributed by atoms with Crippen LogP contribution in [0.5, 0.6) is 11.5 Å². The van der Waals surface area contributed by atoms with E-state index in [2.05, 4.69) is 43.5 Å². The number of amides is 1. The maximum Gasteiger partial charge on any atom is 0.223 e. The summed E-state index contributed by atoms with van der Waals surface area (Å²) < 4.78 is 6.60. The summed E-state index contributed by atoms with van der Waals surface area (Å²) in [5, 5.41) is 23.3. The molecule has 2 unspecified atom stereocenters. The smallest absolute Gasteiger partial charge is 0.223 e. The number of hydrogen-bond donors (Lipinski definition) is 2. The largest absolute Gasteiger partial charge is 0.504 e. The monoisotopic (exact) mass is 502 g/mol. The van der Waals surface area contributed by atoms with Crippen molar-refractivity contribution in [2.24, 2.45) is 0 Å². The molecule has 2 aromatic rings. The van der Waals surface area contributed by atoms with Gasteiger partial charge in [-0.25, -0.2) is 0 Å². The van der Waals surface area contributed by atoms with Gasteiger partial charge in [0.25, 0.3) is 0 Å². The Hall–Kier alpha value is -2.83. The first kappa shape index (κ1) is 24.5. The fourth-order valence-corrected chi connectivity index (χ4v) is 7.96. The summed E-state index contributed by atoms with van der Waals surface area (Å²) >= 11 is 0. The van der Waals surface area contributed by atoms with E-state index in [0.29, 0.717) is 31.4 Å². The van der Waals surface area contributed by atoms with Gasteiger partial charge in [0.15, 0.2) is 11.5 Å². The lowest BCUT2D eigenvalue weighted by Crippen LogP contribution is -2.78. The van der Waals surface area contributed by atoms with Crippen molar-refractivity contribution in [1.29, 1.82) is 0 Å². The number of ether oxygens (including phenoxy) is 1. The highest BCUT2D eigenvalue weighted by Gasteiger charge is 2.73. The van der Waals surface area contributed by atoms with Crippen LogP contribution in [0.1, 0.15) is 53.5 Å². The molecule has 0 radical (unpaired) electrons. The van der Waals surface area contributed by atoms with E-state index in [4.69, 9.17) is 4.74 Å². The predicted octanol–water partition coefficient (Wildman–Crippen LogP) is 3.81. The number of carbonyl (C=O) groups excluding carboxylic acids is 1. The van der Waals surface area contributed by atoms with Crippen LogP contribution in [0, 0.1) is 13.8 Å². The minimum Gasteiger partial charge on any atom is -0.504 e. The molecule has 0 aromatic heterocycles. The Labute approximate surface area is 219 Å². The Balaban J connectivity index is 1.32. The molecule has 6 heteroatoms. The third-order valence-corrected chi connectivity index (χ3v) is 10.00. The standard InChI is InChI=1S/C31H38N2O4/c1-5-15-33-16-14-30-27-22-9-10-24(34)28(27)37-29(30)23(12-13-31(30,36)25(33)18-22)32(4)26(35)11-8-21-7-6-19(2)20(3)17-21/h5-7,9-10,17,23,25,29,34,36H,1,8,11-16,18H2,2-4H3/t23?,25-,29?,30+,31-/m1/s1. The summed E-state index contributed by atoms with van der Waals surface area (Å²) in [5.74, 6) is 0.726. The van der Waals surface area contributed by atoms with Gasteiger partial charge in [-0.1, -0.05) is 30.3 Å². The second-order valence-electron chi connectivity index (χ2n) is 11.7. The molecule has 1 saturated heterocycles. The van der Waals surface area contributed by atoms with E-state index >= 15 is 0 Å². The molecule has 2 aliphatic carbocycles. The van der Waals surface area contributed by atoms with Crippen molar-refractivity contribution in [3.05, 3.63) is 70.8 Å². The summed E-state index contributed by atoms with van der Waals surface area (Å²) in [6, 6.07) is 9.89. The molecule has 6 rings (SSSR count). The highest BCUT2D eigenvalue weighted by Crippen LogP contribution is 2.65. The molecule has 1 spiro atoms. The van der Waals surface area contributed by atoms with Crippen LogP contribution in [0.15, 0.2) is 43.0 Å². The summed E-state index contributed by atoms with van der Waals surface area (Å²) in [6.45, 7) is 9.70. The molecule has 1 amide bonds. The molecular formula is C31H38N2O4. The fourth-order valence-electron chi connectivity index (χ4n) is 7.96. The molecule has 2 aromatic carbocycles. The maximum atomic E-state index is 13.5. The molecule has 4 aliphatic rings. The van der Waals surface area contributed by atoms with Gasteiger partial charge >= 0.3 is 0 Å². The van der Waals surface area contributed by atoms with Gasteiger partial charge in [0.2, 0.25) is 5.91 Å². The van der Waals surface area contributed by atoms with Gasteiger partial charge < -0.3 is 19.8 Å². The molecule has 2 N–H and O–H groups in total. The molecule has 1 saturated carbocycles. The van der Waals surface area contributed by atoms with E-state index < -0.39 is 17.1 Å². The second kappa shape index (κ2) is 8.60. The normalized spacial score (nSPS) is 31.4. The number of piperidine rings is 1. The van der Waals surface area contributed by atoms with Crippen molar-refractivity contribution < 1.29 is 19.7 Å². The van der Waals surface area contributed by atoms with Crippen LogP contribution < -0.4 is 4.74 Å². The molecule has 2 heterocycles. The van der Waals surface area contributed by atoms with E-state index in [1.54, 1.807) is 6.07 Å². The zero-order valence-electron chi connectivity index (χ0n) is 22.2. The van der Waals surface area contributed by atoms with Crippen molar-refractivity contribution in [1.82, 2.24) is 9.80 Å². The van der Waals surface area contributed by atoms with E-state index in [1.807, 2.05) is 24.1 Å². The number of nitrogens with zero attached hydrogens (tertiary/aromatic N) is 2. The number of likely N-dealkylation sites (tertiary alicyclic amines) is 1. The van der Waals surface area contributed by atoms with Crippen molar-refractivity contribution >= 4 is 5.91 Å². The summed E-state index contributed by atoms with van der Waals surface area (Å²) in [5.41, 5.74) is 4.18. The Kier molecular flexibility index (Phi) is 5.70. The van der Waals surface area contributed by atoms with Crippen molar-refractivity contribution in [3.8, 4) is 11.5 Å². The second-order valence-corrected chi connectivity index (χ2v) is 11.7. The maximum absolute atomic E-state index is 13.5. The minimum absolute atomic E-state index is 0.0416. The van der Waals surface area contributed by atoms with Gasteiger partial charge in [0.05, 0.1) is 17.1 Å². The number of benzene rings is 2. The molecule has 6 nitrogen and oxygen atoms in total. The number of aryl methyl sites for hydroxylation is 3. The first-order valence-electron chi connectivity index (χ1n) is 13.6. The molecule has 196 valence electrons. The van der Waals surface area contributed by atoms with Gasteiger partial charge in [-0.3, -0.25) is 9.69 Å². The van der Waals surface area contributed by atoms with Crippen LogP contribution in [0.4, 0.5) is 0 Å². The number of rotatable bonds is 6. The third-order valence-electron chi connectivity index (χ3n) is 10.00. The van der Waals surface area contributed by atoms with Crippen molar-refractivity contribution in [2.45, 2.75) is 81.6 Å². The van der Waals surface area contributed by atoms with Crippen LogP contribution in [0.2, 0.25) is 0 Å². The molecule has 2 fully saturated rings. The van der Waals surface area contributed by atoms with Crippen LogP contribution in [-0.2, 0) is 23.1 Å². The van der Waals surface area contributed by atoms with Crippen molar-refractivity contribution in [3.63, 3.8) is 0 Å². The van der Waals surface area contributed by atoms with Gasteiger partial charge in [0, 0.05) is 31.6 Å². The molecular weight excluding hydrogens is 464 g/mol. The molecule has 2 aliphatic heterocycles.